The lowest BCUT2D eigenvalue weighted by molar-refractivity contribution is 0.331. The summed E-state index contributed by atoms with van der Waals surface area (Å²) in [4.78, 5) is 6.66. The van der Waals surface area contributed by atoms with E-state index in [9.17, 15) is 0 Å². The molecule has 1 aliphatic heterocycles. The summed E-state index contributed by atoms with van der Waals surface area (Å²) >= 11 is 1.60. The molecule has 0 aromatic carbocycles. The van der Waals surface area contributed by atoms with E-state index in [0.29, 0.717) is 0 Å². The van der Waals surface area contributed by atoms with Crippen molar-refractivity contribution >= 4 is 16.3 Å². The predicted molar refractivity (Wildman–Crippen MR) is 51.0 cm³/mol. The topological polar surface area (TPSA) is 42.1 Å². The first-order chi connectivity index (χ1) is 5.84. The van der Waals surface area contributed by atoms with Gasteiger partial charge in [-0.3, -0.25) is 4.90 Å². The highest BCUT2D eigenvalue weighted by Crippen LogP contribution is 2.18. The molecule has 0 aliphatic carbocycles. The van der Waals surface area contributed by atoms with Crippen LogP contribution in [-0.2, 0) is 6.54 Å². The second-order valence-corrected chi connectivity index (χ2v) is 4.29. The number of anilines is 1. The van der Waals surface area contributed by atoms with E-state index < -0.39 is 0 Å². The van der Waals surface area contributed by atoms with Crippen molar-refractivity contribution < 1.29 is 0 Å². The van der Waals surface area contributed by atoms with E-state index in [4.69, 9.17) is 5.73 Å². The fraction of sp³-hybridized carbons (Fsp3) is 0.625. The third-order valence-corrected chi connectivity index (χ3v) is 2.94. The van der Waals surface area contributed by atoms with Gasteiger partial charge in [0.2, 0.25) is 0 Å². The van der Waals surface area contributed by atoms with Crippen LogP contribution in [-0.4, -0.2) is 23.0 Å². The molecule has 1 aromatic rings. The van der Waals surface area contributed by atoms with E-state index in [1.807, 2.05) is 0 Å². The molecular formula is C8H13N3S. The quantitative estimate of drug-likeness (QED) is 0.752. The maximum absolute atomic E-state index is 5.59. The molecule has 66 valence electrons. The van der Waals surface area contributed by atoms with E-state index in [-0.39, 0.29) is 0 Å². The molecule has 0 amide bonds. The maximum Gasteiger partial charge on any atom is 0.109 e. The molecule has 0 spiro atoms. The molecule has 0 bridgehead atoms. The normalized spacial score (nSPS) is 18.7. The van der Waals surface area contributed by atoms with Crippen molar-refractivity contribution in [2.45, 2.75) is 19.4 Å². The van der Waals surface area contributed by atoms with Gasteiger partial charge < -0.3 is 5.73 Å². The van der Waals surface area contributed by atoms with Crippen molar-refractivity contribution in [3.63, 3.8) is 0 Å². The second-order valence-electron chi connectivity index (χ2n) is 3.14. The molecule has 4 heteroatoms. The molecule has 0 saturated carbocycles. The largest absolute Gasteiger partial charge is 0.389 e. The van der Waals surface area contributed by atoms with Gasteiger partial charge in [-0.2, -0.15) is 0 Å². The van der Waals surface area contributed by atoms with Crippen LogP contribution in [0, 0.1) is 0 Å². The number of likely N-dealkylation sites (tertiary alicyclic amines) is 1. The highest BCUT2D eigenvalue weighted by atomic mass is 32.1. The van der Waals surface area contributed by atoms with Gasteiger partial charge in [0.25, 0.3) is 0 Å². The number of nitrogen functional groups attached to an aromatic ring is 1. The van der Waals surface area contributed by atoms with Gasteiger partial charge in [0.05, 0.1) is 12.7 Å². The van der Waals surface area contributed by atoms with Gasteiger partial charge in [-0.25, -0.2) is 4.98 Å². The van der Waals surface area contributed by atoms with Gasteiger partial charge in [0, 0.05) is 0 Å². The standard InChI is InChI=1S/C8H13N3S/c9-7-5-10-8(12-7)6-11-3-1-2-4-11/h5H,1-4,6,9H2. The minimum absolute atomic E-state index is 0.823. The van der Waals surface area contributed by atoms with Gasteiger partial charge >= 0.3 is 0 Å². The lowest BCUT2D eigenvalue weighted by Gasteiger charge is -2.11. The van der Waals surface area contributed by atoms with Gasteiger partial charge in [-0.1, -0.05) is 0 Å². The number of nitrogens with zero attached hydrogens (tertiary/aromatic N) is 2. The van der Waals surface area contributed by atoms with Crippen LogP contribution in [0.25, 0.3) is 0 Å². The van der Waals surface area contributed by atoms with E-state index in [0.717, 1.165) is 16.6 Å². The van der Waals surface area contributed by atoms with Gasteiger partial charge in [0.1, 0.15) is 10.0 Å². The number of hydrogen-bond donors (Lipinski definition) is 1. The molecule has 12 heavy (non-hydrogen) atoms. The highest BCUT2D eigenvalue weighted by Gasteiger charge is 2.12. The zero-order valence-corrected chi connectivity index (χ0v) is 7.81. The zero-order valence-electron chi connectivity index (χ0n) is 6.99. The Morgan fingerprint density at radius 1 is 1.50 bits per heavy atom. The molecule has 3 nitrogen and oxygen atoms in total. The molecule has 2 heterocycles. The van der Waals surface area contributed by atoms with Crippen LogP contribution in [0.1, 0.15) is 17.8 Å². The Morgan fingerprint density at radius 2 is 2.25 bits per heavy atom. The molecule has 0 radical (unpaired) electrons. The lowest BCUT2D eigenvalue weighted by atomic mass is 10.4. The molecule has 1 fully saturated rings. The molecule has 1 aliphatic rings. The molecular weight excluding hydrogens is 170 g/mol. The van der Waals surface area contributed by atoms with E-state index in [1.54, 1.807) is 17.5 Å². The number of aromatic nitrogens is 1. The number of rotatable bonds is 2. The van der Waals surface area contributed by atoms with Crippen molar-refractivity contribution in [3.8, 4) is 0 Å². The zero-order chi connectivity index (χ0) is 8.39. The highest BCUT2D eigenvalue weighted by molar-refractivity contribution is 7.15. The SMILES string of the molecule is Nc1cnc(CN2CCCC2)s1. The minimum Gasteiger partial charge on any atom is -0.389 e. The summed E-state index contributed by atoms with van der Waals surface area (Å²) in [6.07, 6.45) is 4.41. The molecule has 2 rings (SSSR count). The lowest BCUT2D eigenvalue weighted by Crippen LogP contribution is -2.17. The van der Waals surface area contributed by atoms with Crippen LogP contribution in [0.4, 0.5) is 5.00 Å². The molecule has 0 atom stereocenters. The van der Waals surface area contributed by atoms with Gasteiger partial charge in [-0.05, 0) is 25.9 Å². The van der Waals surface area contributed by atoms with Crippen LogP contribution < -0.4 is 5.73 Å². The first kappa shape index (κ1) is 8.01. The third kappa shape index (κ3) is 1.76. The number of nitrogens with two attached hydrogens (primary N) is 1. The van der Waals surface area contributed by atoms with Crippen molar-refractivity contribution in [2.24, 2.45) is 0 Å². The summed E-state index contributed by atoms with van der Waals surface area (Å²) in [6, 6.07) is 0. The summed E-state index contributed by atoms with van der Waals surface area (Å²) in [5.74, 6) is 0. The Kier molecular flexibility index (Phi) is 2.28. The summed E-state index contributed by atoms with van der Waals surface area (Å²) in [7, 11) is 0. The maximum atomic E-state index is 5.59. The molecule has 1 saturated heterocycles. The van der Waals surface area contributed by atoms with Gasteiger partial charge in [0.15, 0.2) is 0 Å². The summed E-state index contributed by atoms with van der Waals surface area (Å²) in [6.45, 7) is 3.43. The fourth-order valence-corrected chi connectivity index (χ4v) is 2.26. The summed E-state index contributed by atoms with van der Waals surface area (Å²) < 4.78 is 0. The fourth-order valence-electron chi connectivity index (χ4n) is 1.53. The van der Waals surface area contributed by atoms with E-state index in [2.05, 4.69) is 9.88 Å². The molecule has 1 aromatic heterocycles. The van der Waals surface area contributed by atoms with Crippen LogP contribution >= 0.6 is 11.3 Å². The predicted octanol–water partition coefficient (Wildman–Crippen LogP) is 1.32. The Balaban J connectivity index is 1.94. The van der Waals surface area contributed by atoms with E-state index in [1.165, 1.54) is 25.9 Å². The molecule has 2 N–H and O–H groups in total. The van der Waals surface area contributed by atoms with Crippen molar-refractivity contribution in [2.75, 3.05) is 18.8 Å². The Labute approximate surface area is 76.2 Å². The van der Waals surface area contributed by atoms with Crippen LogP contribution in [0.15, 0.2) is 6.20 Å². The van der Waals surface area contributed by atoms with Crippen molar-refractivity contribution in [1.82, 2.24) is 9.88 Å². The Hall–Kier alpha value is -0.610. The second kappa shape index (κ2) is 3.41. The minimum atomic E-state index is 0.823. The van der Waals surface area contributed by atoms with Crippen LogP contribution in [0.2, 0.25) is 0 Å². The summed E-state index contributed by atoms with van der Waals surface area (Å²) in [5.41, 5.74) is 5.59. The smallest absolute Gasteiger partial charge is 0.109 e. The first-order valence-corrected chi connectivity index (χ1v) is 5.09. The Bertz CT molecular complexity index is 253. The number of hydrogen-bond acceptors (Lipinski definition) is 4. The van der Waals surface area contributed by atoms with Gasteiger partial charge in [-0.15, -0.1) is 11.3 Å². The van der Waals surface area contributed by atoms with Crippen molar-refractivity contribution in [1.29, 1.82) is 0 Å². The third-order valence-electron chi connectivity index (χ3n) is 2.13. The van der Waals surface area contributed by atoms with Crippen LogP contribution in [0.3, 0.4) is 0 Å². The first-order valence-electron chi connectivity index (χ1n) is 4.27. The Morgan fingerprint density at radius 3 is 2.83 bits per heavy atom. The number of thiazole rings is 1. The molecule has 0 unspecified atom stereocenters. The van der Waals surface area contributed by atoms with E-state index >= 15 is 0 Å². The van der Waals surface area contributed by atoms with Crippen molar-refractivity contribution in [3.05, 3.63) is 11.2 Å². The average Bonchev–Trinajstić information content (AvgIpc) is 2.63. The average molecular weight is 183 g/mol. The van der Waals surface area contributed by atoms with Crippen LogP contribution in [0.5, 0.6) is 0 Å². The monoisotopic (exact) mass is 183 g/mol. The summed E-state index contributed by atoms with van der Waals surface area (Å²) in [5, 5.41) is 1.97.